The molecule has 7 nitrogen and oxygen atoms in total. The van der Waals surface area contributed by atoms with E-state index in [1.165, 1.54) is 29.8 Å². The van der Waals surface area contributed by atoms with Gasteiger partial charge in [0.2, 0.25) is 0 Å². The predicted octanol–water partition coefficient (Wildman–Crippen LogP) is 7.33. The molecule has 226 valence electrons. The number of rotatable bonds is 8. The molecule has 0 radical (unpaired) electrons. The van der Waals surface area contributed by atoms with Crippen molar-refractivity contribution < 1.29 is 28.5 Å². The van der Waals surface area contributed by atoms with Crippen molar-refractivity contribution in [2.75, 3.05) is 13.1 Å². The summed E-state index contributed by atoms with van der Waals surface area (Å²) in [5.41, 5.74) is 1.08. The van der Waals surface area contributed by atoms with Crippen molar-refractivity contribution >= 4 is 12.0 Å². The number of likely N-dealkylation sites (tertiary alicyclic amines) is 1. The summed E-state index contributed by atoms with van der Waals surface area (Å²) in [6.07, 6.45) is 9.78. The maximum Gasteiger partial charge on any atom is 0.415 e. The van der Waals surface area contributed by atoms with E-state index < -0.39 is 0 Å². The average molecular weight is 579 g/mol. The number of nitrogens with zero attached hydrogens (tertiary/aromatic N) is 1. The van der Waals surface area contributed by atoms with Crippen molar-refractivity contribution in [1.82, 2.24) is 10.2 Å². The monoisotopic (exact) mass is 578 g/mol. The Bertz CT molecular complexity index is 1240. The Morgan fingerprint density at radius 2 is 1.83 bits per heavy atom. The molecule has 8 heteroatoms. The Balaban J connectivity index is 1.11. The summed E-state index contributed by atoms with van der Waals surface area (Å²) < 4.78 is 18.8. The first-order chi connectivity index (χ1) is 20.2. The van der Waals surface area contributed by atoms with Gasteiger partial charge < -0.3 is 15.0 Å². The molecule has 42 heavy (non-hydrogen) atoms. The lowest BCUT2D eigenvalue weighted by Gasteiger charge is -2.37. The number of ether oxygens (including phenoxy) is 1. The molecule has 0 bridgehead atoms. The third kappa shape index (κ3) is 6.87. The standard InChI is InChI=1S/C34H43FN2O5/c1-4-7-27(5-2)33(3)23-34(42-41-33)19-6-8-26(22-34)24-11-15-30(16-12-24)40-32(39)37-20-17-29(18-21-37)36-31(38)25-9-13-28(35)14-10-25/h4,9-16,26-27,29H,1,5-8,17-23H2,2-3H3,(H,36,38)/t26-,27?,33+,34-/m1/s1. The van der Waals surface area contributed by atoms with Crippen LogP contribution in [0, 0.1) is 11.7 Å². The Morgan fingerprint density at radius 3 is 2.50 bits per heavy atom. The molecule has 4 atom stereocenters. The molecule has 5 rings (SSSR count). The molecule has 3 fully saturated rings. The van der Waals surface area contributed by atoms with Gasteiger partial charge in [0.05, 0.1) is 0 Å². The van der Waals surface area contributed by atoms with Gasteiger partial charge in [-0.2, -0.15) is 0 Å². The smallest absolute Gasteiger partial charge is 0.410 e. The molecule has 1 unspecified atom stereocenters. The van der Waals surface area contributed by atoms with Crippen molar-refractivity contribution in [2.45, 2.75) is 94.8 Å². The van der Waals surface area contributed by atoms with Crippen LogP contribution in [-0.2, 0) is 9.78 Å². The first-order valence-corrected chi connectivity index (χ1v) is 15.3. The largest absolute Gasteiger partial charge is 0.415 e. The van der Waals surface area contributed by atoms with E-state index in [9.17, 15) is 14.0 Å². The van der Waals surface area contributed by atoms with Gasteiger partial charge in [0.1, 0.15) is 22.8 Å². The highest BCUT2D eigenvalue weighted by Crippen LogP contribution is 2.52. The van der Waals surface area contributed by atoms with Crippen LogP contribution in [0.1, 0.15) is 93.5 Å². The van der Waals surface area contributed by atoms with Gasteiger partial charge in [0.25, 0.3) is 5.91 Å². The Hall–Kier alpha value is -3.23. The van der Waals surface area contributed by atoms with Crippen molar-refractivity contribution in [1.29, 1.82) is 0 Å². The molecule has 2 aromatic rings. The lowest BCUT2D eigenvalue weighted by molar-refractivity contribution is -0.359. The Kier molecular flexibility index (Phi) is 9.33. The summed E-state index contributed by atoms with van der Waals surface area (Å²) in [6.45, 7) is 9.28. The number of piperidine rings is 1. The third-order valence-corrected chi connectivity index (χ3v) is 9.44. The van der Waals surface area contributed by atoms with Gasteiger partial charge in [-0.3, -0.25) is 4.79 Å². The molecule has 0 aromatic heterocycles. The minimum atomic E-state index is -0.386. The van der Waals surface area contributed by atoms with E-state index in [1.807, 2.05) is 18.2 Å². The van der Waals surface area contributed by atoms with Crippen LogP contribution in [0.5, 0.6) is 5.75 Å². The van der Waals surface area contributed by atoms with Gasteiger partial charge in [0.15, 0.2) is 0 Å². The molecular weight excluding hydrogens is 535 g/mol. The summed E-state index contributed by atoms with van der Waals surface area (Å²) in [4.78, 5) is 39.1. The van der Waals surface area contributed by atoms with Crippen LogP contribution in [0.25, 0.3) is 0 Å². The molecular formula is C34H43FN2O5. The number of carbonyl (C=O) groups is 2. The van der Waals surface area contributed by atoms with Crippen molar-refractivity contribution in [3.8, 4) is 5.75 Å². The van der Waals surface area contributed by atoms with Crippen LogP contribution in [0.4, 0.5) is 9.18 Å². The van der Waals surface area contributed by atoms with Crippen LogP contribution in [0.15, 0.2) is 61.2 Å². The Labute approximate surface area is 248 Å². The minimum Gasteiger partial charge on any atom is -0.410 e. The summed E-state index contributed by atoms with van der Waals surface area (Å²) in [5.74, 6) is 0.646. The van der Waals surface area contributed by atoms with Gasteiger partial charge in [0, 0.05) is 31.1 Å². The number of hydrogen-bond donors (Lipinski definition) is 1. The summed E-state index contributed by atoms with van der Waals surface area (Å²) >= 11 is 0. The number of amides is 2. The molecule has 2 heterocycles. The second kappa shape index (κ2) is 13.0. The minimum absolute atomic E-state index is 0.0494. The fraction of sp³-hybridized carbons (Fsp3) is 0.529. The molecule has 2 aliphatic heterocycles. The van der Waals surface area contributed by atoms with Crippen molar-refractivity contribution in [2.24, 2.45) is 5.92 Å². The zero-order chi connectivity index (χ0) is 29.7. The fourth-order valence-electron chi connectivity index (χ4n) is 7.04. The Morgan fingerprint density at radius 1 is 1.12 bits per heavy atom. The highest BCUT2D eigenvalue weighted by Gasteiger charge is 2.53. The maximum absolute atomic E-state index is 13.1. The SMILES string of the molecule is C=CCC(CC)[C@]1(C)C[C@]2(CCC[C@@H](c3ccc(OC(=O)N4CCC(NC(=O)c5ccc(F)cc5)CC4)cc3)C2)OO1. The highest BCUT2D eigenvalue weighted by molar-refractivity contribution is 5.94. The van der Waals surface area contributed by atoms with E-state index in [4.69, 9.17) is 14.5 Å². The van der Waals surface area contributed by atoms with Crippen LogP contribution in [-0.4, -0.2) is 47.2 Å². The van der Waals surface area contributed by atoms with Crippen molar-refractivity contribution in [3.05, 3.63) is 78.1 Å². The molecule has 1 aliphatic carbocycles. The molecule has 1 spiro atoms. The molecule has 2 amide bonds. The van der Waals surface area contributed by atoms with Crippen LogP contribution in [0.3, 0.4) is 0 Å². The van der Waals surface area contributed by atoms with Gasteiger partial charge >= 0.3 is 6.09 Å². The van der Waals surface area contributed by atoms with E-state index in [0.717, 1.165) is 44.9 Å². The van der Waals surface area contributed by atoms with Crippen molar-refractivity contribution in [3.63, 3.8) is 0 Å². The third-order valence-electron chi connectivity index (χ3n) is 9.44. The summed E-state index contributed by atoms with van der Waals surface area (Å²) in [6, 6.07) is 13.3. The normalized spacial score (nSPS) is 27.0. The zero-order valence-corrected chi connectivity index (χ0v) is 24.8. The zero-order valence-electron chi connectivity index (χ0n) is 24.8. The van der Waals surface area contributed by atoms with E-state index in [2.05, 4.69) is 37.9 Å². The van der Waals surface area contributed by atoms with Gasteiger partial charge in [-0.25, -0.2) is 19.0 Å². The molecule has 3 aliphatic rings. The molecule has 1 saturated carbocycles. The van der Waals surface area contributed by atoms with Gasteiger partial charge in [-0.1, -0.05) is 31.6 Å². The quantitative estimate of drug-likeness (QED) is 0.262. The number of nitrogens with one attached hydrogen (secondary N) is 1. The maximum atomic E-state index is 13.1. The molecule has 2 saturated heterocycles. The predicted molar refractivity (Wildman–Crippen MR) is 159 cm³/mol. The highest BCUT2D eigenvalue weighted by atomic mass is 19.1. The van der Waals surface area contributed by atoms with E-state index in [1.54, 1.807) is 4.90 Å². The number of carbonyl (C=O) groups excluding carboxylic acids is 2. The second-order valence-electron chi connectivity index (χ2n) is 12.4. The lowest BCUT2D eigenvalue weighted by atomic mass is 9.69. The lowest BCUT2D eigenvalue weighted by Crippen LogP contribution is -2.47. The fourth-order valence-corrected chi connectivity index (χ4v) is 7.04. The number of hydrogen-bond acceptors (Lipinski definition) is 5. The van der Waals surface area contributed by atoms with Crippen LogP contribution in [0.2, 0.25) is 0 Å². The van der Waals surface area contributed by atoms with E-state index in [0.29, 0.717) is 49.1 Å². The first kappa shape index (κ1) is 30.2. The van der Waals surface area contributed by atoms with E-state index >= 15 is 0 Å². The first-order valence-electron chi connectivity index (χ1n) is 15.3. The number of allylic oxidation sites excluding steroid dienone is 1. The van der Waals surface area contributed by atoms with Crippen LogP contribution >= 0.6 is 0 Å². The number of benzene rings is 2. The van der Waals surface area contributed by atoms with Gasteiger partial charge in [-0.05, 0) is 106 Å². The van der Waals surface area contributed by atoms with Crippen LogP contribution < -0.4 is 10.1 Å². The van der Waals surface area contributed by atoms with E-state index in [-0.39, 0.29) is 35.1 Å². The molecule has 1 N–H and O–H groups in total. The summed E-state index contributed by atoms with van der Waals surface area (Å²) in [7, 11) is 0. The summed E-state index contributed by atoms with van der Waals surface area (Å²) in [5, 5.41) is 2.98. The topological polar surface area (TPSA) is 77.1 Å². The number of halogens is 1. The average Bonchev–Trinajstić information content (AvgIpc) is 3.32. The second-order valence-corrected chi connectivity index (χ2v) is 12.4. The van der Waals surface area contributed by atoms with Gasteiger partial charge in [-0.15, -0.1) is 6.58 Å². The molecule has 2 aromatic carbocycles.